The number of benzene rings is 3. The van der Waals surface area contributed by atoms with E-state index in [2.05, 4.69) is 12.2 Å². The first kappa shape index (κ1) is 20.9. The highest BCUT2D eigenvalue weighted by Gasteiger charge is 2.40. The van der Waals surface area contributed by atoms with Crippen molar-refractivity contribution in [1.29, 1.82) is 0 Å². The first-order valence-electron chi connectivity index (χ1n) is 9.95. The minimum atomic E-state index is -0.467. The third kappa shape index (κ3) is 4.39. The lowest BCUT2D eigenvalue weighted by Gasteiger charge is -2.15. The van der Waals surface area contributed by atoms with Crippen LogP contribution in [0.5, 0.6) is 0 Å². The van der Waals surface area contributed by atoms with Crippen LogP contribution in [-0.4, -0.2) is 11.8 Å². The standard InChI is InChI=1S/C25H21FN2O2S/c1-3-17-6-10-19(11-7-17)27-22-23(31-21-14-4-16(2)5-15-21)25(30)28(24(22)29)20-12-8-18(26)9-13-20/h4-15,27H,3H2,1-2H3. The van der Waals surface area contributed by atoms with E-state index in [0.717, 1.165) is 27.5 Å². The summed E-state index contributed by atoms with van der Waals surface area (Å²) in [5.74, 6) is -1.33. The Kier molecular flexibility index (Phi) is 5.91. The smallest absolute Gasteiger partial charge is 0.283 e. The van der Waals surface area contributed by atoms with Gasteiger partial charge in [0, 0.05) is 10.6 Å². The Balaban J connectivity index is 1.71. The fourth-order valence-corrected chi connectivity index (χ4v) is 4.16. The number of amides is 2. The predicted octanol–water partition coefficient (Wildman–Crippen LogP) is 5.69. The molecule has 0 radical (unpaired) electrons. The number of anilines is 2. The molecule has 3 aromatic carbocycles. The second kappa shape index (κ2) is 8.78. The summed E-state index contributed by atoms with van der Waals surface area (Å²) < 4.78 is 13.4. The predicted molar refractivity (Wildman–Crippen MR) is 122 cm³/mol. The van der Waals surface area contributed by atoms with Gasteiger partial charge < -0.3 is 5.32 Å². The number of halogens is 1. The van der Waals surface area contributed by atoms with Crippen LogP contribution >= 0.6 is 11.8 Å². The molecule has 4 nitrogen and oxygen atoms in total. The zero-order chi connectivity index (χ0) is 22.0. The topological polar surface area (TPSA) is 49.4 Å². The van der Waals surface area contributed by atoms with Gasteiger partial charge >= 0.3 is 0 Å². The first-order chi connectivity index (χ1) is 15.0. The zero-order valence-corrected chi connectivity index (χ0v) is 18.0. The summed E-state index contributed by atoms with van der Waals surface area (Å²) in [6, 6.07) is 20.8. The lowest BCUT2D eigenvalue weighted by atomic mass is 10.1. The Bertz CT molecular complexity index is 1150. The van der Waals surface area contributed by atoms with E-state index in [4.69, 9.17) is 0 Å². The van der Waals surface area contributed by atoms with Gasteiger partial charge in [0.05, 0.1) is 5.69 Å². The molecule has 0 fully saturated rings. The van der Waals surface area contributed by atoms with Crippen molar-refractivity contribution in [1.82, 2.24) is 0 Å². The minimum absolute atomic E-state index is 0.212. The van der Waals surface area contributed by atoms with Crippen molar-refractivity contribution in [2.24, 2.45) is 0 Å². The average Bonchev–Trinajstić information content (AvgIpc) is 3.00. The van der Waals surface area contributed by atoms with Gasteiger partial charge in [-0.15, -0.1) is 0 Å². The molecular formula is C25H21FN2O2S. The van der Waals surface area contributed by atoms with Gasteiger partial charge in [-0.3, -0.25) is 9.59 Å². The van der Waals surface area contributed by atoms with E-state index in [1.54, 1.807) is 0 Å². The maximum atomic E-state index is 13.4. The molecule has 0 aliphatic carbocycles. The van der Waals surface area contributed by atoms with Gasteiger partial charge in [-0.2, -0.15) is 0 Å². The van der Waals surface area contributed by atoms with E-state index in [-0.39, 0.29) is 5.70 Å². The van der Waals surface area contributed by atoms with E-state index < -0.39 is 17.6 Å². The van der Waals surface area contributed by atoms with Crippen molar-refractivity contribution < 1.29 is 14.0 Å². The third-order valence-electron chi connectivity index (χ3n) is 5.00. The van der Waals surface area contributed by atoms with Crippen LogP contribution in [0.1, 0.15) is 18.1 Å². The van der Waals surface area contributed by atoms with E-state index in [1.165, 1.54) is 41.6 Å². The molecule has 1 aliphatic heterocycles. The van der Waals surface area contributed by atoms with Gasteiger partial charge in [-0.1, -0.05) is 48.5 Å². The number of carbonyl (C=O) groups is 2. The maximum absolute atomic E-state index is 13.4. The summed E-state index contributed by atoms with van der Waals surface area (Å²) in [6.45, 7) is 4.06. The van der Waals surface area contributed by atoms with Crippen LogP contribution in [0.3, 0.4) is 0 Å². The number of aryl methyl sites for hydroxylation is 2. The summed E-state index contributed by atoms with van der Waals surface area (Å²) in [4.78, 5) is 28.8. The summed E-state index contributed by atoms with van der Waals surface area (Å²) >= 11 is 1.24. The Morgan fingerprint density at radius 1 is 0.871 bits per heavy atom. The van der Waals surface area contributed by atoms with Crippen LogP contribution in [0.25, 0.3) is 0 Å². The van der Waals surface area contributed by atoms with E-state index >= 15 is 0 Å². The molecule has 1 heterocycles. The number of hydrogen-bond acceptors (Lipinski definition) is 4. The number of nitrogens with zero attached hydrogens (tertiary/aromatic N) is 1. The normalized spacial score (nSPS) is 13.8. The Morgan fingerprint density at radius 3 is 2.13 bits per heavy atom. The van der Waals surface area contributed by atoms with Gasteiger partial charge in [0.2, 0.25) is 0 Å². The Labute approximate surface area is 184 Å². The van der Waals surface area contributed by atoms with Gasteiger partial charge in [0.15, 0.2) is 0 Å². The second-order valence-electron chi connectivity index (χ2n) is 7.22. The van der Waals surface area contributed by atoms with Crippen molar-refractivity contribution in [3.8, 4) is 0 Å². The summed E-state index contributed by atoms with van der Waals surface area (Å²) in [5, 5.41) is 3.14. The summed E-state index contributed by atoms with van der Waals surface area (Å²) in [7, 11) is 0. The number of thioether (sulfide) groups is 1. The molecule has 0 bridgehead atoms. The molecule has 3 aromatic rings. The van der Waals surface area contributed by atoms with E-state index in [1.807, 2.05) is 55.5 Å². The summed E-state index contributed by atoms with van der Waals surface area (Å²) in [5.41, 5.74) is 3.54. The SMILES string of the molecule is CCc1ccc(NC2=C(Sc3ccc(C)cc3)C(=O)N(c3ccc(F)cc3)C2=O)cc1. The van der Waals surface area contributed by atoms with Crippen LogP contribution in [-0.2, 0) is 16.0 Å². The Hall–Kier alpha value is -3.38. The number of imide groups is 1. The summed E-state index contributed by atoms with van der Waals surface area (Å²) in [6.07, 6.45) is 0.910. The highest BCUT2D eigenvalue weighted by atomic mass is 32.2. The van der Waals surface area contributed by atoms with E-state index in [9.17, 15) is 14.0 Å². The van der Waals surface area contributed by atoms with Crippen LogP contribution in [0, 0.1) is 12.7 Å². The van der Waals surface area contributed by atoms with Crippen molar-refractivity contribution in [3.05, 3.63) is 100 Å². The molecule has 2 amide bonds. The number of hydrogen-bond donors (Lipinski definition) is 1. The van der Waals surface area contributed by atoms with Crippen molar-refractivity contribution in [2.75, 3.05) is 10.2 Å². The van der Waals surface area contributed by atoms with Crippen LogP contribution in [0.15, 0.2) is 88.3 Å². The molecule has 0 saturated heterocycles. The molecule has 0 saturated carbocycles. The quantitative estimate of drug-likeness (QED) is 0.509. The molecule has 31 heavy (non-hydrogen) atoms. The largest absolute Gasteiger partial charge is 0.350 e. The van der Waals surface area contributed by atoms with Gasteiger partial charge in [-0.25, -0.2) is 9.29 Å². The third-order valence-corrected chi connectivity index (χ3v) is 6.09. The van der Waals surface area contributed by atoms with Crippen LogP contribution in [0.2, 0.25) is 0 Å². The van der Waals surface area contributed by atoms with Gasteiger partial charge in [0.25, 0.3) is 11.8 Å². The molecule has 156 valence electrons. The molecule has 1 aliphatic rings. The molecule has 6 heteroatoms. The first-order valence-corrected chi connectivity index (χ1v) is 10.8. The molecule has 0 unspecified atom stereocenters. The molecule has 0 spiro atoms. The maximum Gasteiger partial charge on any atom is 0.283 e. The number of nitrogens with one attached hydrogen (secondary N) is 1. The van der Waals surface area contributed by atoms with Crippen molar-refractivity contribution >= 4 is 35.0 Å². The van der Waals surface area contributed by atoms with Crippen LogP contribution in [0.4, 0.5) is 15.8 Å². The van der Waals surface area contributed by atoms with Crippen LogP contribution < -0.4 is 10.2 Å². The molecule has 0 atom stereocenters. The highest BCUT2D eigenvalue weighted by Crippen LogP contribution is 2.38. The number of rotatable bonds is 6. The lowest BCUT2D eigenvalue weighted by Crippen LogP contribution is -2.32. The number of carbonyl (C=O) groups excluding carboxylic acids is 2. The average molecular weight is 433 g/mol. The zero-order valence-electron chi connectivity index (χ0n) is 17.2. The lowest BCUT2D eigenvalue weighted by molar-refractivity contribution is -0.120. The van der Waals surface area contributed by atoms with Gasteiger partial charge in [-0.05, 0) is 67.4 Å². The minimum Gasteiger partial charge on any atom is -0.350 e. The fourth-order valence-electron chi connectivity index (χ4n) is 3.23. The molecule has 0 aromatic heterocycles. The fraction of sp³-hybridized carbons (Fsp3) is 0.120. The second-order valence-corrected chi connectivity index (χ2v) is 8.30. The molecule has 4 rings (SSSR count). The highest BCUT2D eigenvalue weighted by molar-refractivity contribution is 8.04. The molecular weight excluding hydrogens is 411 g/mol. The van der Waals surface area contributed by atoms with Crippen molar-refractivity contribution in [3.63, 3.8) is 0 Å². The Morgan fingerprint density at radius 2 is 1.52 bits per heavy atom. The van der Waals surface area contributed by atoms with E-state index in [0.29, 0.717) is 10.6 Å². The van der Waals surface area contributed by atoms with Gasteiger partial charge in [0.1, 0.15) is 16.4 Å². The van der Waals surface area contributed by atoms with Crippen molar-refractivity contribution in [2.45, 2.75) is 25.2 Å². The molecule has 1 N–H and O–H groups in total. The monoisotopic (exact) mass is 432 g/mol.